The first-order chi connectivity index (χ1) is 7.63. The van der Waals surface area contributed by atoms with Gasteiger partial charge in [-0.05, 0) is 12.1 Å². The van der Waals surface area contributed by atoms with E-state index in [-0.39, 0.29) is 16.9 Å². The molecule has 16 heavy (non-hydrogen) atoms. The van der Waals surface area contributed by atoms with Crippen LogP contribution in [0.2, 0.25) is 0 Å². The number of nitrogens with one attached hydrogen (secondary N) is 1. The molecule has 1 aromatic carbocycles. The third kappa shape index (κ3) is 1.48. The summed E-state index contributed by atoms with van der Waals surface area (Å²) in [5.74, 6) is -1.67. The number of hydrogen-bond donors (Lipinski definition) is 1. The summed E-state index contributed by atoms with van der Waals surface area (Å²) < 4.78 is 4.86. The first-order valence-electron chi connectivity index (χ1n) is 4.46. The van der Waals surface area contributed by atoms with Gasteiger partial charge in [-0.15, -0.1) is 0 Å². The molecule has 0 spiro atoms. The minimum Gasteiger partial charge on any atom is -0.423 e. The van der Waals surface area contributed by atoms with E-state index in [1.165, 1.54) is 18.2 Å². The molecule has 1 aromatic rings. The molecular formula is C11H7NO4. The Kier molecular flexibility index (Phi) is 2.28. The number of fused-ring (bicyclic) bond motifs is 1. The molecule has 0 unspecified atom stereocenters. The third-order valence-corrected chi connectivity index (χ3v) is 2.10. The van der Waals surface area contributed by atoms with Crippen LogP contribution in [0.3, 0.4) is 0 Å². The van der Waals surface area contributed by atoms with E-state index in [0.717, 1.165) is 6.08 Å². The topological polar surface area (TPSA) is 72.5 Å². The first kappa shape index (κ1) is 10.1. The molecule has 0 aromatic heterocycles. The van der Waals surface area contributed by atoms with Crippen LogP contribution in [0.1, 0.15) is 20.7 Å². The quantitative estimate of drug-likeness (QED) is 0.342. The molecule has 1 heterocycles. The Bertz CT molecular complexity index is 519. The van der Waals surface area contributed by atoms with Crippen LogP contribution in [0.4, 0.5) is 0 Å². The molecule has 0 saturated heterocycles. The number of rotatable bonds is 2. The average molecular weight is 217 g/mol. The Balaban J connectivity index is 2.49. The molecule has 80 valence electrons. The highest BCUT2D eigenvalue weighted by Crippen LogP contribution is 2.26. The Morgan fingerprint density at radius 2 is 2.06 bits per heavy atom. The lowest BCUT2D eigenvalue weighted by molar-refractivity contribution is -0.128. The van der Waals surface area contributed by atoms with Gasteiger partial charge in [0, 0.05) is 6.08 Å². The number of amides is 2. The van der Waals surface area contributed by atoms with Crippen molar-refractivity contribution < 1.29 is 19.1 Å². The Morgan fingerprint density at radius 1 is 1.31 bits per heavy atom. The Labute approximate surface area is 90.7 Å². The van der Waals surface area contributed by atoms with Crippen molar-refractivity contribution in [2.45, 2.75) is 0 Å². The zero-order valence-electron chi connectivity index (χ0n) is 8.15. The fourth-order valence-electron chi connectivity index (χ4n) is 1.42. The average Bonchev–Trinajstić information content (AvgIpc) is 2.56. The van der Waals surface area contributed by atoms with Crippen LogP contribution in [-0.2, 0) is 4.79 Å². The SMILES string of the molecule is C=CC(=O)Oc1cccc2c1C(=O)NC2=O. The van der Waals surface area contributed by atoms with E-state index in [9.17, 15) is 14.4 Å². The van der Waals surface area contributed by atoms with Gasteiger partial charge in [0.05, 0.1) is 11.1 Å². The van der Waals surface area contributed by atoms with Crippen molar-refractivity contribution in [2.24, 2.45) is 0 Å². The van der Waals surface area contributed by atoms with Gasteiger partial charge >= 0.3 is 5.97 Å². The van der Waals surface area contributed by atoms with Gasteiger partial charge in [-0.3, -0.25) is 14.9 Å². The molecule has 2 rings (SSSR count). The van der Waals surface area contributed by atoms with Gasteiger partial charge in [-0.1, -0.05) is 12.6 Å². The number of esters is 1. The number of carbonyl (C=O) groups excluding carboxylic acids is 3. The molecule has 0 bridgehead atoms. The normalized spacial score (nSPS) is 13.0. The molecule has 0 aliphatic carbocycles. The predicted octanol–water partition coefficient (Wildman–Crippen LogP) is 0.662. The highest BCUT2D eigenvalue weighted by Gasteiger charge is 2.30. The number of imide groups is 1. The van der Waals surface area contributed by atoms with Gasteiger partial charge in [-0.2, -0.15) is 0 Å². The van der Waals surface area contributed by atoms with Gasteiger partial charge in [0.25, 0.3) is 11.8 Å². The minimum absolute atomic E-state index is 0.0609. The second-order valence-corrected chi connectivity index (χ2v) is 3.09. The van der Waals surface area contributed by atoms with E-state index in [1.54, 1.807) is 0 Å². The lowest BCUT2D eigenvalue weighted by Crippen LogP contribution is -2.20. The van der Waals surface area contributed by atoms with Crippen molar-refractivity contribution in [3.05, 3.63) is 42.0 Å². The van der Waals surface area contributed by atoms with Gasteiger partial charge in [-0.25, -0.2) is 4.79 Å². The molecule has 5 heteroatoms. The molecular weight excluding hydrogens is 210 g/mol. The summed E-state index contributed by atoms with van der Waals surface area (Å²) in [6.07, 6.45) is 0.980. The monoisotopic (exact) mass is 217 g/mol. The fraction of sp³-hybridized carbons (Fsp3) is 0. The molecule has 0 saturated carbocycles. The summed E-state index contributed by atoms with van der Waals surface area (Å²) in [4.78, 5) is 33.7. The van der Waals surface area contributed by atoms with Crippen LogP contribution in [-0.4, -0.2) is 17.8 Å². The van der Waals surface area contributed by atoms with Crippen LogP contribution in [0.25, 0.3) is 0 Å². The van der Waals surface area contributed by atoms with Crippen LogP contribution < -0.4 is 10.1 Å². The minimum atomic E-state index is -0.680. The highest BCUT2D eigenvalue weighted by atomic mass is 16.5. The number of carbonyl (C=O) groups is 3. The van der Waals surface area contributed by atoms with Crippen LogP contribution in [0, 0.1) is 0 Å². The summed E-state index contributed by atoms with van der Waals surface area (Å²) in [5.41, 5.74) is 0.294. The van der Waals surface area contributed by atoms with Crippen molar-refractivity contribution in [1.29, 1.82) is 0 Å². The number of hydrogen-bond acceptors (Lipinski definition) is 4. The van der Waals surface area contributed by atoms with Gasteiger partial charge in [0.2, 0.25) is 0 Å². The standard InChI is InChI=1S/C11H7NO4/c1-2-8(13)16-7-5-3-4-6-9(7)11(15)12-10(6)14/h2-5H,1H2,(H,12,14,15). The van der Waals surface area contributed by atoms with Crippen molar-refractivity contribution >= 4 is 17.8 Å². The number of ether oxygens (including phenoxy) is 1. The molecule has 0 fully saturated rings. The maximum Gasteiger partial charge on any atom is 0.335 e. The maximum absolute atomic E-state index is 11.4. The smallest absolute Gasteiger partial charge is 0.335 e. The van der Waals surface area contributed by atoms with E-state index in [1.807, 2.05) is 0 Å². The highest BCUT2D eigenvalue weighted by molar-refractivity contribution is 6.22. The van der Waals surface area contributed by atoms with Crippen molar-refractivity contribution in [2.75, 3.05) is 0 Å². The first-order valence-corrected chi connectivity index (χ1v) is 4.46. The summed E-state index contributed by atoms with van der Waals surface area (Å²) >= 11 is 0. The van der Waals surface area contributed by atoms with E-state index >= 15 is 0 Å². The Morgan fingerprint density at radius 3 is 2.75 bits per heavy atom. The largest absolute Gasteiger partial charge is 0.423 e. The molecule has 1 aliphatic rings. The fourth-order valence-corrected chi connectivity index (χ4v) is 1.42. The lowest BCUT2D eigenvalue weighted by atomic mass is 10.1. The van der Waals surface area contributed by atoms with Crippen LogP contribution in [0.5, 0.6) is 5.75 Å². The zero-order chi connectivity index (χ0) is 11.7. The summed E-state index contributed by atoms with van der Waals surface area (Å²) in [6.45, 7) is 3.24. The van der Waals surface area contributed by atoms with Crippen LogP contribution >= 0.6 is 0 Å². The van der Waals surface area contributed by atoms with E-state index in [4.69, 9.17) is 4.74 Å². The third-order valence-electron chi connectivity index (χ3n) is 2.10. The summed E-state index contributed by atoms with van der Waals surface area (Å²) in [7, 11) is 0. The lowest BCUT2D eigenvalue weighted by Gasteiger charge is -2.04. The van der Waals surface area contributed by atoms with E-state index in [2.05, 4.69) is 11.9 Å². The molecule has 0 atom stereocenters. The predicted molar refractivity (Wildman–Crippen MR) is 54.1 cm³/mol. The second kappa shape index (κ2) is 3.62. The number of benzene rings is 1. The van der Waals surface area contributed by atoms with Crippen molar-refractivity contribution in [3.8, 4) is 5.75 Å². The van der Waals surface area contributed by atoms with Crippen molar-refractivity contribution in [1.82, 2.24) is 5.32 Å². The zero-order valence-corrected chi connectivity index (χ0v) is 8.15. The summed E-state index contributed by atoms with van der Waals surface area (Å²) in [5, 5.41) is 2.12. The maximum atomic E-state index is 11.4. The molecule has 1 N–H and O–H groups in total. The van der Waals surface area contributed by atoms with Gasteiger partial charge < -0.3 is 4.74 Å². The molecule has 1 aliphatic heterocycles. The second-order valence-electron chi connectivity index (χ2n) is 3.09. The van der Waals surface area contributed by atoms with E-state index < -0.39 is 17.8 Å². The van der Waals surface area contributed by atoms with Gasteiger partial charge in [0.15, 0.2) is 0 Å². The van der Waals surface area contributed by atoms with Crippen LogP contribution in [0.15, 0.2) is 30.9 Å². The molecule has 2 amide bonds. The summed E-state index contributed by atoms with van der Waals surface area (Å²) in [6, 6.07) is 4.46. The molecule has 5 nitrogen and oxygen atoms in total. The molecule has 0 radical (unpaired) electrons. The van der Waals surface area contributed by atoms with Gasteiger partial charge in [0.1, 0.15) is 5.75 Å². The van der Waals surface area contributed by atoms with E-state index in [0.29, 0.717) is 0 Å². The van der Waals surface area contributed by atoms with Crippen molar-refractivity contribution in [3.63, 3.8) is 0 Å². The Hall–Kier alpha value is -2.43.